The monoisotopic (exact) mass is 667 g/mol. The summed E-state index contributed by atoms with van der Waals surface area (Å²) in [7, 11) is 0. The zero-order chi connectivity index (χ0) is 43.5. The fraction of sp³-hybridized carbons (Fsp3) is 0. The molecule has 10 rings (SSSR count). The molecule has 0 saturated heterocycles. The van der Waals surface area contributed by atoms with E-state index in [1.165, 1.54) is 0 Å². The van der Waals surface area contributed by atoms with Gasteiger partial charge in [-0.1, -0.05) is 115 Å². The molecule has 4 heteroatoms. The molecule has 0 atom stereocenters. The summed E-state index contributed by atoms with van der Waals surface area (Å²) in [5, 5.41) is 1.71. The van der Waals surface area contributed by atoms with Crippen LogP contribution in [-0.4, -0.2) is 14.5 Å². The van der Waals surface area contributed by atoms with Crippen LogP contribution in [0, 0.1) is 0 Å². The Balaban J connectivity index is 1.31. The van der Waals surface area contributed by atoms with E-state index >= 15 is 0 Å². The number of hydrogen-bond donors (Lipinski definition) is 0. The van der Waals surface area contributed by atoms with E-state index < -0.39 is 78.2 Å². The first kappa shape index (κ1) is 19.0. The van der Waals surface area contributed by atoms with Crippen molar-refractivity contribution in [1.82, 2.24) is 14.5 Å². The molecule has 0 N–H and O–H groups in total. The van der Waals surface area contributed by atoms with Crippen molar-refractivity contribution >= 4 is 53.3 Å². The molecule has 0 amide bonds. The number of para-hydroxylation sites is 2. The van der Waals surface area contributed by atoms with Gasteiger partial charge in [0.15, 0.2) is 5.82 Å². The lowest BCUT2D eigenvalue weighted by Crippen LogP contribution is -1.96. The van der Waals surface area contributed by atoms with E-state index in [-0.39, 0.29) is 38.9 Å². The molecule has 50 heavy (non-hydrogen) atoms. The molecular formula is C46H29N3S. The van der Waals surface area contributed by atoms with Crippen LogP contribution in [-0.2, 0) is 0 Å². The molecule has 0 aliphatic heterocycles. The minimum Gasteiger partial charge on any atom is -0.309 e. The van der Waals surface area contributed by atoms with Crippen molar-refractivity contribution in [2.75, 3.05) is 0 Å². The van der Waals surface area contributed by atoms with Crippen molar-refractivity contribution in [3.8, 4) is 50.7 Å². The van der Waals surface area contributed by atoms with Crippen LogP contribution in [0.15, 0.2) is 176 Å². The largest absolute Gasteiger partial charge is 0.309 e. The van der Waals surface area contributed by atoms with Crippen molar-refractivity contribution in [2.24, 2.45) is 0 Å². The predicted octanol–water partition coefficient (Wildman–Crippen LogP) is 12.6. The summed E-state index contributed by atoms with van der Waals surface area (Å²) in [5.74, 6) is 0.263. The Kier molecular flexibility index (Phi) is 4.43. The van der Waals surface area contributed by atoms with E-state index in [4.69, 9.17) is 22.3 Å². The Hall–Kier alpha value is -6.36. The van der Waals surface area contributed by atoms with Crippen LogP contribution in [0.3, 0.4) is 0 Å². The van der Waals surface area contributed by atoms with E-state index in [1.807, 2.05) is 84.9 Å². The molecule has 0 bridgehead atoms. The summed E-state index contributed by atoms with van der Waals surface area (Å²) >= 11 is 1.67. The van der Waals surface area contributed by atoms with Gasteiger partial charge in [-0.15, -0.1) is 11.3 Å². The average molecular weight is 668 g/mol. The average Bonchev–Trinajstić information content (AvgIpc) is 3.85. The third kappa shape index (κ3) is 4.80. The second-order valence-corrected chi connectivity index (χ2v) is 12.8. The summed E-state index contributed by atoms with van der Waals surface area (Å²) in [4.78, 5) is 10.0. The third-order valence-corrected chi connectivity index (χ3v) is 9.90. The third-order valence-electron chi connectivity index (χ3n) is 8.75. The number of nitrogens with zero attached hydrogens (tertiary/aromatic N) is 3. The Morgan fingerprint density at radius 3 is 2.08 bits per heavy atom. The first-order chi connectivity index (χ1) is 29.8. The summed E-state index contributed by atoms with van der Waals surface area (Å²) in [6, 6.07) is 25.8. The van der Waals surface area contributed by atoms with Gasteiger partial charge in [-0.3, -0.25) is 0 Å². The number of aromatic nitrogens is 3. The molecule has 7 aromatic carbocycles. The van der Waals surface area contributed by atoms with Gasteiger partial charge in [-0.2, -0.15) is 0 Å². The Bertz CT molecular complexity index is 3540. The highest BCUT2D eigenvalue weighted by atomic mass is 32.1. The molecule has 3 heterocycles. The molecule has 0 spiro atoms. The standard InChI is InChI=1S/C46H29N3S/c1-3-12-30(13-4-1)31-14-11-15-34(26-31)46-47-40(29-41(48-46)33-23-25-45-39(28-33)37-19-8-10-21-44(37)50-45)32-22-24-43-38(27-32)36-18-7-9-20-42(36)49(43)35-16-5-2-6-17-35/h1-29H/i2D,5D,6D,7D,9D,16D,17D,18D,20D,22D,24D,27D. The minimum absolute atomic E-state index is 0.0975. The highest BCUT2D eigenvalue weighted by Crippen LogP contribution is 2.39. The molecule has 0 aliphatic rings. The summed E-state index contributed by atoms with van der Waals surface area (Å²) < 4.78 is 110. The molecule has 0 saturated carbocycles. The van der Waals surface area contributed by atoms with Gasteiger partial charge in [0, 0.05) is 53.3 Å². The van der Waals surface area contributed by atoms with E-state index in [0.717, 1.165) is 41.4 Å². The molecule has 0 radical (unpaired) electrons. The maximum absolute atomic E-state index is 9.84. The van der Waals surface area contributed by atoms with Crippen molar-refractivity contribution in [2.45, 2.75) is 0 Å². The SMILES string of the molecule is [2H]c1c([2H])c([2H])c(-n2c3c([2H])c([2H])c([2H])c([2H])c3c3c([2H])c(-c4cc(-c5ccc6sc7ccccc7c6c5)nc(-c5cccc(-c6ccccc6)c5)n4)c([2H])c([2H])c32)c([2H])c1[2H]. The zero-order valence-electron chi connectivity index (χ0n) is 38.1. The lowest BCUT2D eigenvalue weighted by molar-refractivity contribution is 1.18. The molecule has 234 valence electrons. The highest BCUT2D eigenvalue weighted by Gasteiger charge is 2.16. The first-order valence-electron chi connectivity index (χ1n) is 21.8. The van der Waals surface area contributed by atoms with Gasteiger partial charge in [0.05, 0.1) is 38.9 Å². The number of rotatable bonds is 5. The van der Waals surface area contributed by atoms with Crippen molar-refractivity contribution in [3.05, 3.63) is 176 Å². The second kappa shape index (κ2) is 11.7. The second-order valence-electron chi connectivity index (χ2n) is 11.7. The molecule has 3 aromatic heterocycles. The summed E-state index contributed by atoms with van der Waals surface area (Å²) in [6.07, 6.45) is 0. The van der Waals surface area contributed by atoms with E-state index in [9.17, 15) is 4.11 Å². The van der Waals surface area contributed by atoms with E-state index in [2.05, 4.69) is 12.1 Å². The van der Waals surface area contributed by atoms with Crippen LogP contribution in [0.5, 0.6) is 0 Å². The van der Waals surface area contributed by atoms with Crippen LogP contribution >= 0.6 is 11.3 Å². The maximum atomic E-state index is 9.84. The summed E-state index contributed by atoms with van der Waals surface area (Å²) in [5.41, 5.74) is 2.58. The number of fused-ring (bicyclic) bond motifs is 6. The summed E-state index contributed by atoms with van der Waals surface area (Å²) in [6.45, 7) is 0. The van der Waals surface area contributed by atoms with Gasteiger partial charge in [0.1, 0.15) is 0 Å². The van der Waals surface area contributed by atoms with Gasteiger partial charge < -0.3 is 4.57 Å². The van der Waals surface area contributed by atoms with Crippen molar-refractivity contribution in [3.63, 3.8) is 0 Å². The predicted molar refractivity (Wildman–Crippen MR) is 211 cm³/mol. The van der Waals surface area contributed by atoms with Gasteiger partial charge in [0.2, 0.25) is 0 Å². The van der Waals surface area contributed by atoms with Gasteiger partial charge in [0.25, 0.3) is 0 Å². The molecular weight excluding hydrogens is 627 g/mol. The molecule has 10 aromatic rings. The fourth-order valence-electron chi connectivity index (χ4n) is 6.43. The molecule has 0 unspecified atom stereocenters. The van der Waals surface area contributed by atoms with Crippen LogP contribution in [0.1, 0.15) is 16.4 Å². The van der Waals surface area contributed by atoms with Gasteiger partial charge >= 0.3 is 0 Å². The fourth-order valence-corrected chi connectivity index (χ4v) is 7.51. The van der Waals surface area contributed by atoms with Crippen molar-refractivity contribution < 1.29 is 16.4 Å². The van der Waals surface area contributed by atoms with Gasteiger partial charge in [-0.25, -0.2) is 9.97 Å². The number of thiophene rings is 1. The highest BCUT2D eigenvalue weighted by molar-refractivity contribution is 7.25. The van der Waals surface area contributed by atoms with Crippen molar-refractivity contribution in [1.29, 1.82) is 0 Å². The topological polar surface area (TPSA) is 30.7 Å². The number of benzene rings is 7. The Morgan fingerprint density at radius 1 is 0.460 bits per heavy atom. The number of hydrogen-bond acceptors (Lipinski definition) is 3. The lowest BCUT2D eigenvalue weighted by Gasteiger charge is -2.11. The minimum atomic E-state index is -0.705. The van der Waals surface area contributed by atoms with Gasteiger partial charge in [-0.05, 0) is 71.7 Å². The normalized spacial score (nSPS) is 15.0. The molecule has 3 nitrogen and oxygen atoms in total. The lowest BCUT2D eigenvalue weighted by atomic mass is 10.0. The maximum Gasteiger partial charge on any atom is 0.160 e. The molecule has 0 aliphatic carbocycles. The molecule has 0 fully saturated rings. The van der Waals surface area contributed by atoms with Crippen LogP contribution in [0.25, 0.3) is 92.7 Å². The van der Waals surface area contributed by atoms with E-state index in [0.29, 0.717) is 11.3 Å². The van der Waals surface area contributed by atoms with Crippen LogP contribution in [0.2, 0.25) is 0 Å². The Morgan fingerprint density at radius 2 is 1.18 bits per heavy atom. The smallest absolute Gasteiger partial charge is 0.160 e. The Labute approximate surface area is 310 Å². The van der Waals surface area contributed by atoms with E-state index in [1.54, 1.807) is 17.4 Å². The van der Waals surface area contributed by atoms with Crippen LogP contribution < -0.4 is 0 Å². The zero-order valence-corrected chi connectivity index (χ0v) is 26.9. The first-order valence-corrected chi connectivity index (χ1v) is 16.7. The van der Waals surface area contributed by atoms with Crippen LogP contribution in [0.4, 0.5) is 0 Å². The quantitative estimate of drug-likeness (QED) is 0.183.